The highest BCUT2D eigenvalue weighted by molar-refractivity contribution is 7.44. The number of hydrogen-bond acceptors (Lipinski definition) is 16. The van der Waals surface area contributed by atoms with Gasteiger partial charge in [-0.3, -0.25) is 9.59 Å². The first-order valence-corrected chi connectivity index (χ1v) is 24.4. The quantitative estimate of drug-likeness (QED) is 0.0116. The Kier molecular flexibility index (Phi) is 19.4. The summed E-state index contributed by atoms with van der Waals surface area (Å²) < 4.78 is 53.7. The molecule has 1 saturated heterocycles. The minimum absolute atomic E-state index is 0.00600. The second-order valence-corrected chi connectivity index (χ2v) is 18.7. The Morgan fingerprint density at radius 3 is 2.03 bits per heavy atom. The molecule has 4 atom stereocenters. The van der Waals surface area contributed by atoms with Crippen LogP contribution in [-0.4, -0.2) is 127 Å². The van der Waals surface area contributed by atoms with E-state index < -0.39 is 50.4 Å². The van der Waals surface area contributed by atoms with Gasteiger partial charge in [0.1, 0.15) is 48.4 Å². The van der Waals surface area contributed by atoms with Crippen molar-refractivity contribution in [3.05, 3.63) is 108 Å². The van der Waals surface area contributed by atoms with E-state index in [1.807, 2.05) is 93.0 Å². The summed E-state index contributed by atoms with van der Waals surface area (Å²) in [5, 5.41) is 15.0. The largest absolute Gasteiger partial charge is 0.497 e. The van der Waals surface area contributed by atoms with E-state index in [0.717, 1.165) is 16.7 Å². The molecule has 376 valence electrons. The number of nitriles is 1. The third kappa shape index (κ3) is 13.7. The minimum atomic E-state index is -1.75. The van der Waals surface area contributed by atoms with Gasteiger partial charge in [-0.15, -0.1) is 0 Å². The Morgan fingerprint density at radius 1 is 0.901 bits per heavy atom. The van der Waals surface area contributed by atoms with E-state index in [1.165, 1.54) is 20.2 Å². The molecule has 3 aromatic carbocycles. The lowest BCUT2D eigenvalue weighted by Crippen LogP contribution is -2.39. The number of esters is 2. The van der Waals surface area contributed by atoms with Gasteiger partial charge in [-0.1, -0.05) is 60.5 Å². The Bertz CT molecular complexity index is 2590. The molecule has 19 heteroatoms. The van der Waals surface area contributed by atoms with Gasteiger partial charge < -0.3 is 42.4 Å². The van der Waals surface area contributed by atoms with Gasteiger partial charge in [0.15, 0.2) is 17.7 Å². The van der Waals surface area contributed by atoms with Crippen molar-refractivity contribution in [2.24, 2.45) is 10.9 Å². The summed E-state index contributed by atoms with van der Waals surface area (Å²) in [6.45, 7) is 10.8. The molecular formula is C52H63N8O10P. The third-order valence-corrected chi connectivity index (χ3v) is 13.4. The molecule has 3 heterocycles. The van der Waals surface area contributed by atoms with Crippen LogP contribution in [0.5, 0.6) is 11.5 Å². The Balaban J connectivity index is 1.51. The van der Waals surface area contributed by atoms with E-state index in [2.05, 4.69) is 60.3 Å². The second-order valence-electron chi connectivity index (χ2n) is 17.3. The van der Waals surface area contributed by atoms with Crippen LogP contribution in [0, 0.1) is 29.1 Å². The summed E-state index contributed by atoms with van der Waals surface area (Å²) in [5.74, 6) is 6.20. The number of aliphatic imine (C=N–C) groups is 1. The lowest BCUT2D eigenvalue weighted by molar-refractivity contribution is -0.144. The normalized spacial score (nSPS) is 16.3. The Hall–Kier alpha value is -6.50. The predicted molar refractivity (Wildman–Crippen MR) is 268 cm³/mol. The number of hydrogen-bond donors (Lipinski definition) is 0. The number of rotatable bonds is 23. The van der Waals surface area contributed by atoms with Crippen molar-refractivity contribution in [2.45, 2.75) is 90.5 Å². The van der Waals surface area contributed by atoms with Gasteiger partial charge in [0, 0.05) is 46.4 Å². The van der Waals surface area contributed by atoms with Crippen molar-refractivity contribution >= 4 is 43.7 Å². The zero-order valence-corrected chi connectivity index (χ0v) is 42.9. The molecule has 6 rings (SSSR count). The zero-order chi connectivity index (χ0) is 51.1. The maximum atomic E-state index is 11.8. The molecule has 5 aromatic rings. The second kappa shape index (κ2) is 25.6. The van der Waals surface area contributed by atoms with Gasteiger partial charge >= 0.3 is 11.9 Å². The molecule has 0 aliphatic carbocycles. The zero-order valence-electron chi connectivity index (χ0n) is 42.0. The van der Waals surface area contributed by atoms with E-state index >= 15 is 0 Å². The molecule has 0 saturated carbocycles. The summed E-state index contributed by atoms with van der Waals surface area (Å²) in [6, 6.07) is 27.8. The molecular weight excluding hydrogens is 928 g/mol. The first kappa shape index (κ1) is 53.8. The molecule has 4 unspecified atom stereocenters. The first-order chi connectivity index (χ1) is 34.2. The number of nitrogens with zero attached hydrogens (tertiary/aromatic N) is 8. The van der Waals surface area contributed by atoms with E-state index in [1.54, 1.807) is 30.1 Å². The maximum absolute atomic E-state index is 11.8. The Morgan fingerprint density at radius 2 is 1.49 bits per heavy atom. The monoisotopic (exact) mass is 990 g/mol. The van der Waals surface area contributed by atoms with Crippen LogP contribution in [0.3, 0.4) is 0 Å². The summed E-state index contributed by atoms with van der Waals surface area (Å²) in [5.41, 5.74) is 1.98. The number of methoxy groups -OCH3 is 2. The summed E-state index contributed by atoms with van der Waals surface area (Å²) in [4.78, 5) is 39.3. The predicted octanol–water partition coefficient (Wildman–Crippen LogP) is 8.12. The van der Waals surface area contributed by atoms with Crippen molar-refractivity contribution in [1.29, 1.82) is 5.26 Å². The Labute approximate surface area is 417 Å². The molecule has 71 heavy (non-hydrogen) atoms. The number of benzene rings is 3. The average Bonchev–Trinajstić information content (AvgIpc) is 3.94. The molecule has 1 aliphatic rings. The number of fused-ring (bicyclic) bond motifs is 1. The highest BCUT2D eigenvalue weighted by Crippen LogP contribution is 2.51. The van der Waals surface area contributed by atoms with Gasteiger partial charge in [0.05, 0.1) is 63.7 Å². The van der Waals surface area contributed by atoms with Gasteiger partial charge in [-0.05, 0) is 74.6 Å². The summed E-state index contributed by atoms with van der Waals surface area (Å²) in [6.07, 6.45) is 1.23. The summed E-state index contributed by atoms with van der Waals surface area (Å²) in [7, 11) is 5.18. The van der Waals surface area contributed by atoms with Gasteiger partial charge in [-0.25, -0.2) is 24.3 Å². The highest BCUT2D eigenvalue weighted by Gasteiger charge is 2.46. The van der Waals surface area contributed by atoms with Gasteiger partial charge in [0.25, 0.3) is 8.53 Å². The van der Waals surface area contributed by atoms with E-state index in [-0.39, 0.29) is 57.0 Å². The van der Waals surface area contributed by atoms with Crippen LogP contribution >= 0.6 is 8.53 Å². The third-order valence-electron chi connectivity index (χ3n) is 11.2. The van der Waals surface area contributed by atoms with E-state index in [4.69, 9.17) is 47.6 Å². The van der Waals surface area contributed by atoms with Gasteiger partial charge in [-0.2, -0.15) is 10.4 Å². The number of carbonyl (C=O) groups excluding carboxylic acids is 2. The molecule has 18 nitrogen and oxygen atoms in total. The topological polar surface area (TPSA) is 194 Å². The molecule has 0 amide bonds. The lowest BCUT2D eigenvalue weighted by atomic mass is 9.80. The van der Waals surface area contributed by atoms with Crippen molar-refractivity contribution in [2.75, 3.05) is 54.7 Å². The van der Waals surface area contributed by atoms with Crippen molar-refractivity contribution in [3.63, 3.8) is 0 Å². The average molecular weight is 991 g/mol. The highest BCUT2D eigenvalue weighted by atomic mass is 31.2. The number of aromatic nitrogens is 4. The van der Waals surface area contributed by atoms with Gasteiger partial charge in [0.2, 0.25) is 0 Å². The van der Waals surface area contributed by atoms with Crippen molar-refractivity contribution < 1.29 is 47.1 Å². The summed E-state index contributed by atoms with van der Waals surface area (Å²) >= 11 is 0. The molecule has 0 N–H and O–H groups in total. The van der Waals surface area contributed by atoms with E-state index in [9.17, 15) is 14.9 Å². The van der Waals surface area contributed by atoms with E-state index in [0.29, 0.717) is 28.4 Å². The van der Waals surface area contributed by atoms with Crippen LogP contribution in [0.15, 0.2) is 90.2 Å². The molecule has 1 aliphatic heterocycles. The SMILES string of the molecule is COc1ccc(C(OCC2OC(n3nc(C#CC(COC(C)=O)COC(C)=O)c4c(N=CN(C)C)ncnc43)CC2OP(OCCC#N)N(C(C)C)C(C)C)(c2ccccc2)c2ccc(OC)cc2)cc1. The van der Waals surface area contributed by atoms with Crippen molar-refractivity contribution in [1.82, 2.24) is 29.3 Å². The fourth-order valence-electron chi connectivity index (χ4n) is 8.05. The molecule has 0 radical (unpaired) electrons. The van der Waals surface area contributed by atoms with Crippen LogP contribution in [0.2, 0.25) is 0 Å². The molecule has 0 bridgehead atoms. The molecule has 1 fully saturated rings. The van der Waals surface area contributed by atoms with Crippen molar-refractivity contribution in [3.8, 4) is 29.4 Å². The number of ether oxygens (including phenoxy) is 6. The minimum Gasteiger partial charge on any atom is -0.497 e. The fourth-order valence-corrected chi connectivity index (χ4v) is 9.81. The fraction of sp³-hybridized carbons (Fsp3) is 0.442. The standard InChI is InChI=1S/C52H63N8O10P/c1-35(2)60(36(3)4)71(68-28-14-27-53)70-46-29-48(59-51-49(50(54-33-55-51)56-34-58(7)8)45(57-59)26-17-39(30-65-37(5)61)31-66-38(6)62)69-47(46)32-67-52(40-15-12-11-13-16-40,41-18-22-43(63-9)23-19-41)42-20-24-44(64-10)25-21-42/h11-13,15-16,18-25,33-36,39,46-48H,14,28-32H2,1-10H3. The molecule has 2 aromatic heterocycles. The first-order valence-electron chi connectivity index (χ1n) is 23.3. The van der Waals surface area contributed by atoms with Crippen LogP contribution in [0.1, 0.15) is 83.0 Å². The lowest BCUT2D eigenvalue weighted by Gasteiger charge is -2.39. The van der Waals surface area contributed by atoms with Crippen LogP contribution in [0.4, 0.5) is 5.82 Å². The van der Waals surface area contributed by atoms with Crippen LogP contribution < -0.4 is 9.47 Å². The smallest absolute Gasteiger partial charge is 0.302 e. The van der Waals surface area contributed by atoms with Crippen LogP contribution in [-0.2, 0) is 43.2 Å². The maximum Gasteiger partial charge on any atom is 0.302 e. The molecule has 0 spiro atoms. The van der Waals surface area contributed by atoms with Crippen LogP contribution in [0.25, 0.3) is 11.0 Å². The number of carbonyl (C=O) groups is 2.